The summed E-state index contributed by atoms with van der Waals surface area (Å²) in [5.41, 5.74) is -0.328. The van der Waals surface area contributed by atoms with E-state index >= 15 is 0 Å². The zero-order valence-corrected chi connectivity index (χ0v) is 8.53. The van der Waals surface area contributed by atoms with Gasteiger partial charge in [-0.25, -0.2) is 9.59 Å². The maximum Gasteiger partial charge on any atom is 0.414 e. The van der Waals surface area contributed by atoms with Crippen LogP contribution < -0.4 is 0 Å². The van der Waals surface area contributed by atoms with Gasteiger partial charge in [-0.3, -0.25) is 4.79 Å². The predicted octanol–water partition coefficient (Wildman–Crippen LogP) is 0.504. The number of esters is 1. The van der Waals surface area contributed by atoms with Crippen molar-refractivity contribution in [3.63, 3.8) is 0 Å². The van der Waals surface area contributed by atoms with Crippen LogP contribution in [0.15, 0.2) is 0 Å². The fourth-order valence-electron chi connectivity index (χ4n) is 0.431. The van der Waals surface area contributed by atoms with Crippen LogP contribution in [0.2, 0.25) is 0 Å². The average molecular weight is 206 g/mol. The molecule has 0 spiro atoms. The third-order valence-electron chi connectivity index (χ3n) is 0.633. The molecule has 0 aromatic rings. The van der Waals surface area contributed by atoms with Crippen molar-refractivity contribution >= 4 is 17.9 Å². The van der Waals surface area contributed by atoms with Gasteiger partial charge in [-0.1, -0.05) is 0 Å². The Labute approximate surface area is 81.5 Å². The third-order valence-corrected chi connectivity index (χ3v) is 0.633. The number of hydrogen-bond donors (Lipinski definition) is 2. The second-order valence-corrected chi connectivity index (χ2v) is 3.32. The Balaban J connectivity index is 0. The molecule has 0 unspecified atom stereocenters. The zero-order chi connectivity index (χ0) is 11.9. The minimum atomic E-state index is -1.82. The number of aliphatic carboxylic acids is 2. The van der Waals surface area contributed by atoms with E-state index in [1.165, 1.54) is 6.92 Å². The molecule has 14 heavy (non-hydrogen) atoms. The molecule has 0 heterocycles. The fraction of sp³-hybridized carbons (Fsp3) is 0.625. The summed E-state index contributed by atoms with van der Waals surface area (Å²) in [7, 11) is 0. The van der Waals surface area contributed by atoms with Crippen molar-refractivity contribution in [2.75, 3.05) is 0 Å². The molecule has 0 bridgehead atoms. The third kappa shape index (κ3) is 16.8. The van der Waals surface area contributed by atoms with E-state index in [0.29, 0.717) is 0 Å². The molecule has 0 aromatic heterocycles. The van der Waals surface area contributed by atoms with Gasteiger partial charge in [-0.2, -0.15) is 0 Å². The first-order chi connectivity index (χ1) is 6.06. The Bertz CT molecular complexity index is 212. The van der Waals surface area contributed by atoms with E-state index < -0.39 is 11.9 Å². The van der Waals surface area contributed by atoms with Gasteiger partial charge in [0.1, 0.15) is 5.60 Å². The van der Waals surface area contributed by atoms with Crippen LogP contribution in [0.3, 0.4) is 0 Å². The molecule has 0 aromatic carbocycles. The summed E-state index contributed by atoms with van der Waals surface area (Å²) in [5, 5.41) is 14.8. The molecule has 6 nitrogen and oxygen atoms in total. The van der Waals surface area contributed by atoms with Crippen LogP contribution in [0.4, 0.5) is 0 Å². The van der Waals surface area contributed by atoms with E-state index in [0.717, 1.165) is 0 Å². The number of carboxylic acids is 2. The molecule has 0 rings (SSSR count). The quantitative estimate of drug-likeness (QED) is 0.442. The molecule has 0 saturated heterocycles. The topological polar surface area (TPSA) is 101 Å². The van der Waals surface area contributed by atoms with E-state index in [4.69, 9.17) is 24.5 Å². The van der Waals surface area contributed by atoms with E-state index in [9.17, 15) is 4.79 Å². The molecule has 0 fully saturated rings. The summed E-state index contributed by atoms with van der Waals surface area (Å²) in [6, 6.07) is 0. The van der Waals surface area contributed by atoms with Crippen LogP contribution in [0.1, 0.15) is 27.7 Å². The first-order valence-corrected chi connectivity index (χ1v) is 3.72. The number of rotatable bonds is 0. The molecule has 0 aliphatic rings. The molecule has 0 atom stereocenters. The Morgan fingerprint density at radius 1 is 1.00 bits per heavy atom. The van der Waals surface area contributed by atoms with Gasteiger partial charge in [0.2, 0.25) is 0 Å². The lowest BCUT2D eigenvalue weighted by Crippen LogP contribution is -2.21. The van der Waals surface area contributed by atoms with Gasteiger partial charge in [-0.15, -0.1) is 0 Å². The van der Waals surface area contributed by atoms with Crippen molar-refractivity contribution in [3.8, 4) is 0 Å². The van der Waals surface area contributed by atoms with Gasteiger partial charge in [0, 0.05) is 6.92 Å². The van der Waals surface area contributed by atoms with E-state index in [1.54, 1.807) is 0 Å². The van der Waals surface area contributed by atoms with Gasteiger partial charge < -0.3 is 14.9 Å². The van der Waals surface area contributed by atoms with Crippen molar-refractivity contribution < 1.29 is 29.3 Å². The van der Waals surface area contributed by atoms with Crippen molar-refractivity contribution in [2.24, 2.45) is 0 Å². The molecule has 82 valence electrons. The lowest BCUT2D eigenvalue weighted by atomic mass is 10.2. The lowest BCUT2D eigenvalue weighted by molar-refractivity contribution is -0.159. The average Bonchev–Trinajstić information content (AvgIpc) is 1.81. The highest BCUT2D eigenvalue weighted by atomic mass is 16.6. The predicted molar refractivity (Wildman–Crippen MR) is 46.8 cm³/mol. The first-order valence-electron chi connectivity index (χ1n) is 3.72. The minimum absolute atomic E-state index is 0.225. The van der Waals surface area contributed by atoms with Gasteiger partial charge in [0.25, 0.3) is 0 Å². The molecule has 2 N–H and O–H groups in total. The maximum atomic E-state index is 10.2. The molecule has 6 heteroatoms. The second-order valence-electron chi connectivity index (χ2n) is 3.32. The summed E-state index contributed by atoms with van der Waals surface area (Å²) < 4.78 is 4.80. The number of hydrogen-bond acceptors (Lipinski definition) is 4. The van der Waals surface area contributed by atoms with E-state index in [-0.39, 0.29) is 11.6 Å². The van der Waals surface area contributed by atoms with Crippen LogP contribution in [0.5, 0.6) is 0 Å². The molecular formula is C8H14O6. The summed E-state index contributed by atoms with van der Waals surface area (Å²) >= 11 is 0. The molecule has 0 saturated carbocycles. The van der Waals surface area contributed by atoms with Crippen LogP contribution >= 0.6 is 0 Å². The standard InChI is InChI=1S/C6H12O2.C2H2O4/c1-5(7)8-6(2,3)4;3-1(4)2(5)6/h1-4H3;(H,3,4)(H,5,6). The highest BCUT2D eigenvalue weighted by molar-refractivity contribution is 6.27. The monoisotopic (exact) mass is 206 g/mol. The highest BCUT2D eigenvalue weighted by Gasteiger charge is 2.11. The number of ether oxygens (including phenoxy) is 1. The lowest BCUT2D eigenvalue weighted by Gasteiger charge is -2.17. The largest absolute Gasteiger partial charge is 0.473 e. The minimum Gasteiger partial charge on any atom is -0.473 e. The Morgan fingerprint density at radius 2 is 1.29 bits per heavy atom. The smallest absolute Gasteiger partial charge is 0.414 e. The summed E-state index contributed by atoms with van der Waals surface area (Å²) in [4.78, 5) is 28.4. The van der Waals surface area contributed by atoms with Crippen LogP contribution in [-0.2, 0) is 19.1 Å². The maximum absolute atomic E-state index is 10.2. The van der Waals surface area contributed by atoms with Crippen LogP contribution in [-0.4, -0.2) is 33.7 Å². The molecule has 0 amide bonds. The zero-order valence-electron chi connectivity index (χ0n) is 8.53. The van der Waals surface area contributed by atoms with Crippen molar-refractivity contribution in [1.29, 1.82) is 0 Å². The summed E-state index contributed by atoms with van der Waals surface area (Å²) in [6.07, 6.45) is 0. The van der Waals surface area contributed by atoms with Gasteiger partial charge in [0.05, 0.1) is 0 Å². The molecule has 0 aliphatic carbocycles. The number of carbonyl (C=O) groups is 3. The number of carboxylic acid groups (broad SMARTS) is 2. The van der Waals surface area contributed by atoms with Crippen molar-refractivity contribution in [1.82, 2.24) is 0 Å². The van der Waals surface area contributed by atoms with Crippen LogP contribution in [0.25, 0.3) is 0 Å². The fourth-order valence-corrected chi connectivity index (χ4v) is 0.431. The first kappa shape index (κ1) is 14.9. The van der Waals surface area contributed by atoms with Crippen LogP contribution in [0, 0.1) is 0 Å². The van der Waals surface area contributed by atoms with E-state index in [1.807, 2.05) is 20.8 Å². The van der Waals surface area contributed by atoms with Crippen molar-refractivity contribution in [3.05, 3.63) is 0 Å². The Kier molecular flexibility index (Phi) is 6.34. The normalized spacial score (nSPS) is 9.43. The highest BCUT2D eigenvalue weighted by Crippen LogP contribution is 2.05. The SMILES string of the molecule is CC(=O)OC(C)(C)C.O=C(O)C(=O)O. The molecule has 0 radical (unpaired) electrons. The summed E-state index contributed by atoms with van der Waals surface area (Å²) in [5.74, 6) is -3.87. The number of carbonyl (C=O) groups excluding carboxylic acids is 1. The van der Waals surface area contributed by atoms with Gasteiger partial charge in [0.15, 0.2) is 0 Å². The van der Waals surface area contributed by atoms with Gasteiger partial charge >= 0.3 is 17.9 Å². The van der Waals surface area contributed by atoms with Gasteiger partial charge in [-0.05, 0) is 20.8 Å². The second kappa shape index (κ2) is 5.95. The Morgan fingerprint density at radius 3 is 1.29 bits per heavy atom. The Hall–Kier alpha value is -1.59. The molecular weight excluding hydrogens is 192 g/mol. The molecule has 0 aliphatic heterocycles. The summed E-state index contributed by atoms with van der Waals surface area (Å²) in [6.45, 7) is 6.93. The van der Waals surface area contributed by atoms with E-state index in [2.05, 4.69) is 0 Å². The van der Waals surface area contributed by atoms with Crippen molar-refractivity contribution in [2.45, 2.75) is 33.3 Å².